The minimum atomic E-state index is -4.50. The largest absolute Gasteiger partial charge is 0.483 e. The maximum absolute atomic E-state index is 13.4. The van der Waals surface area contributed by atoms with Crippen LogP contribution in [0, 0.1) is 11.8 Å². The number of methoxy groups -OCH3 is 1. The van der Waals surface area contributed by atoms with Gasteiger partial charge in [0.15, 0.2) is 0 Å². The number of likely N-dealkylation sites (tertiary alicyclic amines) is 1. The summed E-state index contributed by atoms with van der Waals surface area (Å²) >= 11 is 0. The third kappa shape index (κ3) is 5.04. The fourth-order valence-electron chi connectivity index (χ4n) is 4.84. The molecule has 4 aliphatic heterocycles. The van der Waals surface area contributed by atoms with Crippen molar-refractivity contribution < 1.29 is 32.2 Å². The van der Waals surface area contributed by atoms with Gasteiger partial charge in [-0.3, -0.25) is 4.79 Å². The monoisotopic (exact) mass is 507 g/mol. The van der Waals surface area contributed by atoms with E-state index >= 15 is 0 Å². The van der Waals surface area contributed by atoms with Crippen LogP contribution >= 0.6 is 0 Å². The van der Waals surface area contributed by atoms with Crippen LogP contribution in [-0.4, -0.2) is 83.8 Å². The van der Waals surface area contributed by atoms with Crippen LogP contribution in [-0.2, 0) is 27.2 Å². The lowest BCUT2D eigenvalue weighted by Crippen LogP contribution is -2.58. The molecule has 2 saturated heterocycles. The molecule has 12 heteroatoms. The predicted molar refractivity (Wildman–Crippen MR) is 122 cm³/mol. The van der Waals surface area contributed by atoms with Crippen molar-refractivity contribution in [2.75, 3.05) is 40.0 Å². The summed E-state index contributed by atoms with van der Waals surface area (Å²) in [5.74, 6) is -1.70. The van der Waals surface area contributed by atoms with Crippen LogP contribution in [0.25, 0.3) is 0 Å². The number of amides is 1. The van der Waals surface area contributed by atoms with E-state index in [-0.39, 0.29) is 17.9 Å². The summed E-state index contributed by atoms with van der Waals surface area (Å²) in [5.41, 5.74) is 2.17. The van der Waals surface area contributed by atoms with E-state index < -0.39 is 18.0 Å². The Bertz CT molecular complexity index is 1080. The fourth-order valence-corrected chi connectivity index (χ4v) is 4.84. The molecule has 2 fully saturated rings. The van der Waals surface area contributed by atoms with Gasteiger partial charge in [-0.15, -0.1) is 0 Å². The second kappa shape index (κ2) is 10.1. The number of alkyl halides is 3. The van der Waals surface area contributed by atoms with Gasteiger partial charge >= 0.3 is 6.18 Å². The standard InChI is InChI=1S/C24H28F3N5O4/c1-34-22-19(24(25,26)27)3-2-16(10-28-22)31-7-4-20-18(13-31)21(30-14-29-20)36-17-11-32(12-17)23(33)15-5-8-35-9-6-15/h2-3,10,14-15,17,19H,4-9,11-13H2,1H3. The quantitative estimate of drug-likeness (QED) is 0.619. The van der Waals surface area contributed by atoms with Crippen LogP contribution in [0.15, 0.2) is 35.4 Å². The van der Waals surface area contributed by atoms with Gasteiger partial charge in [-0.1, -0.05) is 6.08 Å². The van der Waals surface area contributed by atoms with Crippen LogP contribution in [0.1, 0.15) is 24.1 Å². The Morgan fingerprint density at radius 3 is 2.69 bits per heavy atom. The average molecular weight is 508 g/mol. The second-order valence-electron chi connectivity index (χ2n) is 9.25. The van der Waals surface area contributed by atoms with E-state index in [2.05, 4.69) is 15.0 Å². The molecule has 36 heavy (non-hydrogen) atoms. The van der Waals surface area contributed by atoms with Crippen molar-refractivity contribution in [2.24, 2.45) is 16.8 Å². The highest BCUT2D eigenvalue weighted by molar-refractivity contribution is 5.82. The molecule has 0 saturated carbocycles. The Labute approximate surface area is 206 Å². The number of halogens is 3. The van der Waals surface area contributed by atoms with E-state index in [4.69, 9.17) is 14.2 Å². The maximum atomic E-state index is 13.4. The number of rotatable bonds is 4. The van der Waals surface area contributed by atoms with Crippen molar-refractivity contribution in [2.45, 2.75) is 38.1 Å². The van der Waals surface area contributed by atoms with Crippen molar-refractivity contribution >= 4 is 11.8 Å². The van der Waals surface area contributed by atoms with E-state index in [9.17, 15) is 18.0 Å². The van der Waals surface area contributed by atoms with Crippen molar-refractivity contribution in [1.82, 2.24) is 19.8 Å². The van der Waals surface area contributed by atoms with Crippen LogP contribution in [0.5, 0.6) is 5.88 Å². The molecule has 9 nitrogen and oxygen atoms in total. The summed E-state index contributed by atoms with van der Waals surface area (Å²) in [4.78, 5) is 29.1. The Morgan fingerprint density at radius 2 is 1.97 bits per heavy atom. The zero-order valence-electron chi connectivity index (χ0n) is 19.9. The van der Waals surface area contributed by atoms with Gasteiger partial charge in [-0.05, 0) is 18.9 Å². The fraction of sp³-hybridized carbons (Fsp3) is 0.583. The highest BCUT2D eigenvalue weighted by Crippen LogP contribution is 2.33. The van der Waals surface area contributed by atoms with E-state index in [0.717, 1.165) is 30.2 Å². The molecular weight excluding hydrogens is 479 g/mol. The number of aliphatic imine (C=N–C) groups is 1. The third-order valence-electron chi connectivity index (χ3n) is 6.95. The third-order valence-corrected chi connectivity index (χ3v) is 6.95. The van der Waals surface area contributed by atoms with Crippen LogP contribution < -0.4 is 4.74 Å². The highest BCUT2D eigenvalue weighted by Gasteiger charge is 2.43. The zero-order chi connectivity index (χ0) is 25.3. The zero-order valence-corrected chi connectivity index (χ0v) is 19.9. The highest BCUT2D eigenvalue weighted by atomic mass is 19.4. The molecule has 0 radical (unpaired) electrons. The van der Waals surface area contributed by atoms with Crippen molar-refractivity contribution in [1.29, 1.82) is 0 Å². The van der Waals surface area contributed by atoms with Crippen molar-refractivity contribution in [3.05, 3.63) is 41.6 Å². The summed E-state index contributed by atoms with van der Waals surface area (Å²) in [6, 6.07) is 0. The molecule has 194 valence electrons. The molecule has 1 amide bonds. The lowest BCUT2D eigenvalue weighted by atomic mass is 9.96. The molecule has 1 aromatic rings. The second-order valence-corrected chi connectivity index (χ2v) is 9.25. The summed E-state index contributed by atoms with van der Waals surface area (Å²) in [5, 5.41) is 0. The normalized spacial score (nSPS) is 23.3. The molecule has 1 aromatic heterocycles. The Hall–Kier alpha value is -3.15. The van der Waals surface area contributed by atoms with Gasteiger partial charge in [0, 0.05) is 32.1 Å². The van der Waals surface area contributed by atoms with Crippen molar-refractivity contribution in [3.63, 3.8) is 0 Å². The molecular formula is C24H28F3N5O4. The summed E-state index contributed by atoms with van der Waals surface area (Å²) in [6.45, 7) is 3.17. The number of carbonyl (C=O) groups excluding carboxylic acids is 1. The molecule has 0 bridgehead atoms. The van der Waals surface area contributed by atoms with E-state index in [1.54, 1.807) is 0 Å². The first-order valence-electron chi connectivity index (χ1n) is 12.0. The number of fused-ring (bicyclic) bond motifs is 1. The topological polar surface area (TPSA) is 89.4 Å². The SMILES string of the molecule is COC1=NC=C(N2CCc3ncnc(OC4CN(C(=O)C5CCOCC5)C4)c3C2)C=CC1C(F)(F)F. The van der Waals surface area contributed by atoms with E-state index in [0.29, 0.717) is 57.4 Å². The van der Waals surface area contributed by atoms with Gasteiger partial charge in [0.1, 0.15) is 18.3 Å². The minimum absolute atomic E-state index is 0.0131. The van der Waals surface area contributed by atoms with Crippen LogP contribution in [0.2, 0.25) is 0 Å². The number of nitrogens with zero attached hydrogens (tertiary/aromatic N) is 5. The number of hydrogen-bond donors (Lipinski definition) is 0. The maximum Gasteiger partial charge on any atom is 0.403 e. The lowest BCUT2D eigenvalue weighted by molar-refractivity contribution is -0.148. The molecule has 5 heterocycles. The molecule has 0 N–H and O–H groups in total. The average Bonchev–Trinajstić information content (AvgIpc) is 3.09. The molecule has 5 rings (SSSR count). The molecule has 1 atom stereocenters. The van der Waals surface area contributed by atoms with Gasteiger partial charge in [0.2, 0.25) is 17.7 Å². The molecule has 0 aliphatic carbocycles. The van der Waals surface area contributed by atoms with Gasteiger partial charge in [0.25, 0.3) is 0 Å². The van der Waals surface area contributed by atoms with Gasteiger partial charge in [-0.2, -0.15) is 13.2 Å². The smallest absolute Gasteiger partial charge is 0.403 e. The molecule has 0 aromatic carbocycles. The lowest BCUT2D eigenvalue weighted by Gasteiger charge is -2.41. The minimum Gasteiger partial charge on any atom is -0.483 e. The van der Waals surface area contributed by atoms with E-state index in [1.807, 2.05) is 9.80 Å². The Kier molecular flexibility index (Phi) is 6.87. The summed E-state index contributed by atoms with van der Waals surface area (Å²) < 4.78 is 56.6. The summed E-state index contributed by atoms with van der Waals surface area (Å²) in [6.07, 6.45) is 2.76. The van der Waals surface area contributed by atoms with E-state index in [1.165, 1.54) is 25.7 Å². The Balaban J connectivity index is 1.25. The first-order valence-corrected chi connectivity index (χ1v) is 12.0. The number of carbonyl (C=O) groups is 1. The number of ether oxygens (including phenoxy) is 3. The van der Waals surface area contributed by atoms with Gasteiger partial charge < -0.3 is 24.0 Å². The molecule has 0 spiro atoms. The molecule has 1 unspecified atom stereocenters. The first kappa shape index (κ1) is 24.5. The first-order chi connectivity index (χ1) is 17.3. The van der Waals surface area contributed by atoms with Crippen LogP contribution in [0.4, 0.5) is 13.2 Å². The number of aromatic nitrogens is 2. The molecule has 4 aliphatic rings. The Morgan fingerprint density at radius 1 is 1.19 bits per heavy atom. The number of allylic oxidation sites excluding steroid dienone is 1. The van der Waals surface area contributed by atoms with Crippen LogP contribution in [0.3, 0.4) is 0 Å². The van der Waals surface area contributed by atoms with Gasteiger partial charge in [-0.25, -0.2) is 15.0 Å². The van der Waals surface area contributed by atoms with Crippen molar-refractivity contribution in [3.8, 4) is 5.88 Å². The number of hydrogen-bond acceptors (Lipinski definition) is 8. The van der Waals surface area contributed by atoms with Gasteiger partial charge in [0.05, 0.1) is 49.9 Å². The predicted octanol–water partition coefficient (Wildman–Crippen LogP) is 2.49. The summed E-state index contributed by atoms with van der Waals surface area (Å²) in [7, 11) is 1.18.